The van der Waals surface area contributed by atoms with E-state index in [1.165, 1.54) is 135 Å². The molecule has 2 unspecified atom stereocenters. The predicted octanol–water partition coefficient (Wildman–Crippen LogP) is 21.2. The molecule has 0 fully saturated rings. The van der Waals surface area contributed by atoms with E-state index in [0.29, 0.717) is 17.4 Å². The minimum absolute atomic E-state index is 0.0349. The fourth-order valence-corrected chi connectivity index (χ4v) is 9.83. The van der Waals surface area contributed by atoms with Crippen molar-refractivity contribution in [3.8, 4) is 0 Å². The van der Waals surface area contributed by atoms with Crippen LogP contribution in [0.25, 0.3) is 0 Å². The fourth-order valence-electron chi connectivity index (χ4n) is 9.10. The maximum Gasteiger partial charge on any atom is 0.306 e. The molecular weight excluding hydrogens is 1050 g/mol. The molecule has 0 aromatic carbocycles. The molecule has 0 saturated heterocycles. The molecule has 0 aliphatic heterocycles. The lowest BCUT2D eigenvalue weighted by Gasteiger charge is -2.28. The van der Waals surface area contributed by atoms with Crippen LogP contribution in [0.3, 0.4) is 0 Å². The Bertz CT molecular complexity index is 1820. The molecule has 0 saturated carbocycles. The number of hydrogen-bond acceptors (Lipinski definition) is 8. The molecular formula is C73H126NO8P. The van der Waals surface area contributed by atoms with Gasteiger partial charge >= 0.3 is 11.9 Å². The lowest BCUT2D eigenvalue weighted by Crippen LogP contribution is -2.37. The van der Waals surface area contributed by atoms with E-state index in [1.54, 1.807) is 0 Å². The normalized spacial score (nSPS) is 14.0. The third kappa shape index (κ3) is 67.4. The summed E-state index contributed by atoms with van der Waals surface area (Å²) in [4.78, 5) is 38.0. The number of carbonyl (C=O) groups is 2. The van der Waals surface area contributed by atoms with Crippen molar-refractivity contribution in [3.63, 3.8) is 0 Å². The summed E-state index contributed by atoms with van der Waals surface area (Å²) in [6, 6.07) is 0. The zero-order valence-electron chi connectivity index (χ0n) is 54.1. The predicted molar refractivity (Wildman–Crippen MR) is 355 cm³/mol. The molecule has 10 heteroatoms. The number of phosphoric ester groups is 1. The number of esters is 2. The van der Waals surface area contributed by atoms with Gasteiger partial charge in [0.25, 0.3) is 7.82 Å². The molecule has 0 amide bonds. The van der Waals surface area contributed by atoms with Gasteiger partial charge in [-0.05, 0) is 89.9 Å². The summed E-state index contributed by atoms with van der Waals surface area (Å²) in [7, 11) is 1.16. The van der Waals surface area contributed by atoms with Crippen LogP contribution in [0, 0.1) is 0 Å². The molecule has 83 heavy (non-hydrogen) atoms. The van der Waals surface area contributed by atoms with Crippen LogP contribution >= 0.6 is 7.82 Å². The van der Waals surface area contributed by atoms with Gasteiger partial charge in [-0.25, -0.2) is 0 Å². The van der Waals surface area contributed by atoms with Crippen LogP contribution in [0.15, 0.2) is 122 Å². The Hall–Kier alpha value is -3.59. The third-order valence-electron chi connectivity index (χ3n) is 14.2. The zero-order chi connectivity index (χ0) is 60.5. The summed E-state index contributed by atoms with van der Waals surface area (Å²) in [5.74, 6) is -0.834. The molecule has 2 atom stereocenters. The van der Waals surface area contributed by atoms with Gasteiger partial charge in [0.15, 0.2) is 6.10 Å². The first-order valence-corrected chi connectivity index (χ1v) is 35.2. The van der Waals surface area contributed by atoms with E-state index in [9.17, 15) is 19.0 Å². The van der Waals surface area contributed by atoms with Gasteiger partial charge in [0.05, 0.1) is 27.7 Å². The topological polar surface area (TPSA) is 111 Å². The van der Waals surface area contributed by atoms with E-state index in [0.717, 1.165) is 109 Å². The maximum absolute atomic E-state index is 12.8. The second kappa shape index (κ2) is 62.9. The van der Waals surface area contributed by atoms with Gasteiger partial charge in [-0.15, -0.1) is 0 Å². The quantitative estimate of drug-likeness (QED) is 0.0195. The molecule has 0 aliphatic rings. The monoisotopic (exact) mass is 1180 g/mol. The molecule has 0 N–H and O–H groups in total. The van der Waals surface area contributed by atoms with Gasteiger partial charge in [-0.3, -0.25) is 14.2 Å². The van der Waals surface area contributed by atoms with Crippen molar-refractivity contribution in [2.75, 3.05) is 47.5 Å². The summed E-state index contributed by atoms with van der Waals surface area (Å²) < 4.78 is 34.2. The second-order valence-electron chi connectivity index (χ2n) is 23.5. The highest BCUT2D eigenvalue weighted by molar-refractivity contribution is 7.45. The number of allylic oxidation sites excluding steroid dienone is 20. The third-order valence-corrected chi connectivity index (χ3v) is 15.2. The van der Waals surface area contributed by atoms with Gasteiger partial charge in [0.2, 0.25) is 0 Å². The Labute approximate surface area is 511 Å². The number of rotatable bonds is 61. The van der Waals surface area contributed by atoms with Crippen molar-refractivity contribution in [2.45, 2.75) is 283 Å². The number of carbonyl (C=O) groups excluding carboxylic acids is 2. The molecule has 0 bridgehead atoms. The van der Waals surface area contributed by atoms with Crippen molar-refractivity contribution < 1.29 is 42.1 Å². The van der Waals surface area contributed by atoms with Gasteiger partial charge in [0, 0.05) is 12.8 Å². The molecule has 0 heterocycles. The van der Waals surface area contributed by atoms with Crippen molar-refractivity contribution in [3.05, 3.63) is 122 Å². The summed E-state index contributed by atoms with van der Waals surface area (Å²) in [6.07, 6.45) is 89.8. The Balaban J connectivity index is 4.07. The SMILES string of the molecule is CC/C=C\C/C=C\C/C=C\C/C=C\C/C=C\C/C=C\C/C=C\C/C=C\C/C=C\C/C=C\CCCCCCCCCCCCC(=O)OC(COC(=O)CCCCCCCCCCCCCCCCCCCC)COP(=O)([O-])OCC[N+](C)(C)C. The molecule has 0 aromatic heterocycles. The number of unbranched alkanes of at least 4 members (excludes halogenated alkanes) is 27. The van der Waals surface area contributed by atoms with Crippen molar-refractivity contribution in [2.24, 2.45) is 0 Å². The average molecular weight is 1180 g/mol. The highest BCUT2D eigenvalue weighted by Crippen LogP contribution is 2.38. The summed E-state index contributed by atoms with van der Waals surface area (Å²) >= 11 is 0. The first-order valence-electron chi connectivity index (χ1n) is 33.7. The molecule has 0 radical (unpaired) electrons. The van der Waals surface area contributed by atoms with E-state index in [4.69, 9.17) is 18.5 Å². The molecule has 0 aromatic rings. The minimum atomic E-state index is -4.64. The minimum Gasteiger partial charge on any atom is -0.756 e. The molecule has 0 rings (SSSR count). The smallest absolute Gasteiger partial charge is 0.306 e. The largest absolute Gasteiger partial charge is 0.756 e. The van der Waals surface area contributed by atoms with E-state index >= 15 is 0 Å². The Morgan fingerprint density at radius 1 is 0.386 bits per heavy atom. The Morgan fingerprint density at radius 3 is 1.02 bits per heavy atom. The van der Waals surface area contributed by atoms with Crippen LogP contribution in [-0.2, 0) is 32.7 Å². The maximum atomic E-state index is 12.8. The van der Waals surface area contributed by atoms with Gasteiger partial charge < -0.3 is 27.9 Å². The van der Waals surface area contributed by atoms with Crippen LogP contribution in [0.5, 0.6) is 0 Å². The summed E-state index contributed by atoms with van der Waals surface area (Å²) in [6.45, 7) is 4.14. The molecule has 0 spiro atoms. The van der Waals surface area contributed by atoms with E-state index in [1.807, 2.05) is 21.1 Å². The lowest BCUT2D eigenvalue weighted by atomic mass is 10.0. The number of ether oxygens (including phenoxy) is 2. The van der Waals surface area contributed by atoms with Gasteiger partial charge in [-0.2, -0.15) is 0 Å². The van der Waals surface area contributed by atoms with Crippen LogP contribution in [0.4, 0.5) is 0 Å². The Kier molecular flexibility index (Phi) is 60.2. The van der Waals surface area contributed by atoms with Crippen LogP contribution in [0.1, 0.15) is 277 Å². The zero-order valence-corrected chi connectivity index (χ0v) is 55.0. The fraction of sp³-hybridized carbons (Fsp3) is 0.699. The average Bonchev–Trinajstić information content (AvgIpc) is 3.48. The van der Waals surface area contributed by atoms with Gasteiger partial charge in [0.1, 0.15) is 19.8 Å². The number of likely N-dealkylation sites (N-methyl/N-ethyl adjacent to an activating group) is 1. The molecule has 9 nitrogen and oxygen atoms in total. The molecule has 0 aliphatic carbocycles. The van der Waals surface area contributed by atoms with Crippen molar-refractivity contribution in [1.82, 2.24) is 0 Å². The van der Waals surface area contributed by atoms with Crippen molar-refractivity contribution >= 4 is 19.8 Å². The number of nitrogens with zero attached hydrogens (tertiary/aromatic N) is 1. The first kappa shape index (κ1) is 79.4. The number of quaternary nitrogens is 1. The van der Waals surface area contributed by atoms with Crippen LogP contribution in [0.2, 0.25) is 0 Å². The van der Waals surface area contributed by atoms with E-state index in [-0.39, 0.29) is 32.0 Å². The number of phosphoric acid groups is 1. The Morgan fingerprint density at radius 2 is 0.687 bits per heavy atom. The standard InChI is InChI=1S/C73H126NO8P/c1-6-8-10-12-14-16-18-20-22-24-26-27-28-29-30-31-32-33-34-35-36-37-38-39-40-41-42-43-44-45-46-47-48-50-52-54-56-58-60-62-64-66-73(76)82-71(70-81-83(77,78)80-68-67-74(3,4)5)69-79-72(75)65-63-61-59-57-55-53-51-49-25-23-21-19-17-15-13-11-9-7-2/h8,10,14,16,20,22,26-27,29-30,32-33,35-36,38-39,41-42,44-45,71H,6-7,9,11-13,15,17-19,21,23-25,28,31,34,37,40,43,46-70H2,1-5H3/b10-8-,16-14-,22-20-,27-26-,30-29-,33-32-,36-35-,39-38-,42-41-,45-44-. The number of hydrogen-bond donors (Lipinski definition) is 0. The van der Waals surface area contributed by atoms with E-state index < -0.39 is 26.5 Å². The molecule has 476 valence electrons. The summed E-state index contributed by atoms with van der Waals surface area (Å²) in [5, 5.41) is 0. The van der Waals surface area contributed by atoms with Crippen LogP contribution in [-0.4, -0.2) is 70.0 Å². The summed E-state index contributed by atoms with van der Waals surface area (Å²) in [5.41, 5.74) is 0. The van der Waals surface area contributed by atoms with Crippen molar-refractivity contribution in [1.29, 1.82) is 0 Å². The van der Waals surface area contributed by atoms with E-state index in [2.05, 4.69) is 135 Å². The van der Waals surface area contributed by atoms with Crippen LogP contribution < -0.4 is 4.89 Å². The highest BCUT2D eigenvalue weighted by atomic mass is 31.2. The lowest BCUT2D eigenvalue weighted by molar-refractivity contribution is -0.870. The second-order valence-corrected chi connectivity index (χ2v) is 24.9. The van der Waals surface area contributed by atoms with Gasteiger partial charge in [-0.1, -0.05) is 296 Å². The first-order chi connectivity index (χ1) is 40.5. The highest BCUT2D eigenvalue weighted by Gasteiger charge is 2.22.